The summed E-state index contributed by atoms with van der Waals surface area (Å²) < 4.78 is 0. The van der Waals surface area contributed by atoms with Crippen LogP contribution in [-0.2, 0) is 6.42 Å². The van der Waals surface area contributed by atoms with E-state index in [4.69, 9.17) is 0 Å². The molecular formula is C56H56. The predicted molar refractivity (Wildman–Crippen MR) is 254 cm³/mol. The molecule has 0 fully saturated rings. The highest BCUT2D eigenvalue weighted by Crippen LogP contribution is 2.40. The zero-order valence-electron chi connectivity index (χ0n) is 32.9. The van der Waals surface area contributed by atoms with Crippen molar-refractivity contribution >= 4 is 43.5 Å². The van der Waals surface area contributed by atoms with Gasteiger partial charge in [-0.3, -0.25) is 0 Å². The van der Waals surface area contributed by atoms with Crippen LogP contribution in [0.2, 0.25) is 0 Å². The summed E-state index contributed by atoms with van der Waals surface area (Å²) in [5.41, 5.74) is 12.4. The fraction of sp³-hybridized carbons (Fsp3) is 0.107. The summed E-state index contributed by atoms with van der Waals surface area (Å²) in [6.45, 7) is 21.7. The minimum absolute atomic E-state index is 0. The highest BCUT2D eigenvalue weighted by Gasteiger charge is 2.14. The summed E-state index contributed by atoms with van der Waals surface area (Å²) in [4.78, 5) is 0. The molecule has 8 aromatic carbocycles. The Balaban J connectivity index is 0.000000432. The third-order valence-electron chi connectivity index (χ3n) is 9.62. The van der Waals surface area contributed by atoms with Gasteiger partial charge >= 0.3 is 0 Å². The fourth-order valence-corrected chi connectivity index (χ4v) is 6.96. The van der Waals surface area contributed by atoms with Gasteiger partial charge in [-0.25, -0.2) is 0 Å². The summed E-state index contributed by atoms with van der Waals surface area (Å²) >= 11 is 0. The second-order valence-electron chi connectivity index (χ2n) is 13.2. The number of allylic oxidation sites excluding steroid dienone is 6. The molecule has 0 N–H and O–H groups in total. The van der Waals surface area contributed by atoms with E-state index in [1.165, 1.54) is 82.4 Å². The van der Waals surface area contributed by atoms with Gasteiger partial charge in [-0.15, -0.1) is 13.2 Å². The van der Waals surface area contributed by atoms with Gasteiger partial charge < -0.3 is 0 Å². The van der Waals surface area contributed by atoms with Crippen LogP contribution in [0, 0.1) is 0 Å². The minimum atomic E-state index is 0. The zero-order valence-corrected chi connectivity index (χ0v) is 32.9. The Bertz CT molecular complexity index is 2510. The number of hydrogen-bond acceptors (Lipinski definition) is 0. The van der Waals surface area contributed by atoms with Crippen molar-refractivity contribution in [2.45, 2.75) is 41.5 Å². The summed E-state index contributed by atoms with van der Waals surface area (Å²) in [6.07, 6.45) is 8.81. The van der Waals surface area contributed by atoms with E-state index in [1.54, 1.807) is 6.08 Å². The van der Waals surface area contributed by atoms with Gasteiger partial charge in [-0.05, 0) is 109 Å². The van der Waals surface area contributed by atoms with E-state index >= 15 is 0 Å². The van der Waals surface area contributed by atoms with Crippen molar-refractivity contribution in [2.24, 2.45) is 0 Å². The van der Waals surface area contributed by atoms with E-state index in [9.17, 15) is 0 Å². The van der Waals surface area contributed by atoms with Gasteiger partial charge in [-0.1, -0.05) is 216 Å². The average Bonchev–Trinajstić information content (AvgIpc) is 3.25. The molecule has 280 valence electrons. The molecule has 0 heterocycles. The van der Waals surface area contributed by atoms with E-state index in [1.807, 2.05) is 51.1 Å². The SMILES string of the molecule is C.C=C.C=C(C)c1ccccc1.C=C/C=C\C=C(/C)c1ccc(-c2cc(Cc3ccccc3)cc(-c3ccc4ccc5cccc6ccc3c4c56)c2)cc1.CC. The largest absolute Gasteiger partial charge is 0.106 e. The van der Waals surface area contributed by atoms with Gasteiger partial charge in [0.25, 0.3) is 0 Å². The number of hydrogen-bond donors (Lipinski definition) is 0. The Morgan fingerprint density at radius 3 is 1.70 bits per heavy atom. The lowest BCUT2D eigenvalue weighted by molar-refractivity contribution is 1.19. The van der Waals surface area contributed by atoms with Crippen LogP contribution < -0.4 is 0 Å². The summed E-state index contributed by atoms with van der Waals surface area (Å²) in [5, 5.41) is 7.91. The Hall–Kier alpha value is -6.50. The second kappa shape index (κ2) is 20.8. The van der Waals surface area contributed by atoms with Crippen LogP contribution in [0.3, 0.4) is 0 Å². The maximum Gasteiger partial charge on any atom is -0.00206 e. The van der Waals surface area contributed by atoms with Crippen LogP contribution in [0.4, 0.5) is 0 Å². The maximum absolute atomic E-state index is 3.83. The molecule has 0 heteroatoms. The third kappa shape index (κ3) is 9.97. The quantitative estimate of drug-likeness (QED) is 0.0830. The van der Waals surface area contributed by atoms with Crippen LogP contribution in [-0.4, -0.2) is 0 Å². The van der Waals surface area contributed by atoms with Gasteiger partial charge in [0.1, 0.15) is 0 Å². The summed E-state index contributed by atoms with van der Waals surface area (Å²) in [6, 6.07) is 57.3. The zero-order chi connectivity index (χ0) is 39.2. The van der Waals surface area contributed by atoms with E-state index < -0.39 is 0 Å². The molecular weight excluding hydrogens is 673 g/mol. The lowest BCUT2D eigenvalue weighted by Gasteiger charge is -2.16. The monoisotopic (exact) mass is 728 g/mol. The predicted octanol–water partition coefficient (Wildman–Crippen LogP) is 16.8. The average molecular weight is 729 g/mol. The van der Waals surface area contributed by atoms with Crippen LogP contribution in [0.1, 0.15) is 57.4 Å². The van der Waals surface area contributed by atoms with Crippen molar-refractivity contribution < 1.29 is 0 Å². The number of benzene rings is 8. The molecule has 0 radical (unpaired) electrons. The second-order valence-corrected chi connectivity index (χ2v) is 13.2. The summed E-state index contributed by atoms with van der Waals surface area (Å²) in [5.74, 6) is 0. The van der Waals surface area contributed by atoms with Gasteiger partial charge in [0.2, 0.25) is 0 Å². The van der Waals surface area contributed by atoms with Crippen LogP contribution in [0.5, 0.6) is 0 Å². The first-order valence-electron chi connectivity index (χ1n) is 19.1. The molecule has 0 unspecified atom stereocenters. The van der Waals surface area contributed by atoms with Crippen LogP contribution in [0.15, 0.2) is 208 Å². The molecule has 8 rings (SSSR count). The highest BCUT2D eigenvalue weighted by molar-refractivity contribution is 6.25. The van der Waals surface area contributed by atoms with Crippen molar-refractivity contribution in [1.82, 2.24) is 0 Å². The molecule has 0 nitrogen and oxygen atoms in total. The van der Waals surface area contributed by atoms with Gasteiger partial charge in [-0.2, -0.15) is 0 Å². The van der Waals surface area contributed by atoms with Gasteiger partial charge in [0, 0.05) is 0 Å². The van der Waals surface area contributed by atoms with Gasteiger partial charge in [0.05, 0.1) is 0 Å². The molecule has 0 aromatic heterocycles. The molecule has 8 aromatic rings. The van der Waals surface area contributed by atoms with Crippen LogP contribution >= 0.6 is 0 Å². The maximum atomic E-state index is 3.83. The molecule has 56 heavy (non-hydrogen) atoms. The minimum Gasteiger partial charge on any atom is -0.106 e. The van der Waals surface area contributed by atoms with Crippen molar-refractivity contribution in [2.75, 3.05) is 0 Å². The molecule has 0 aliphatic heterocycles. The van der Waals surface area contributed by atoms with Crippen molar-refractivity contribution in [3.8, 4) is 22.3 Å². The number of rotatable bonds is 8. The topological polar surface area (TPSA) is 0 Å². The van der Waals surface area contributed by atoms with Crippen molar-refractivity contribution in [3.05, 3.63) is 231 Å². The first-order chi connectivity index (χ1) is 27.0. The Kier molecular flexibility index (Phi) is 15.7. The highest BCUT2D eigenvalue weighted by atomic mass is 14.2. The first-order valence-corrected chi connectivity index (χ1v) is 19.1. The molecule has 0 amide bonds. The molecule has 0 saturated carbocycles. The van der Waals surface area contributed by atoms with Crippen LogP contribution in [0.25, 0.3) is 65.7 Å². The standard InChI is InChI=1S/C42H32.C9H10.C2H6.C2H4.CH4/c1-3-4-6-10-29(2)32-15-17-33(18-16-32)37-26-31(25-30-11-7-5-8-12-30)27-38(28-37)39-23-21-36-20-19-34-13-9-14-35-22-24-40(39)42(36)41(34)35;1-8(2)9-6-4-3-5-7-9;2*1-2;/h3-24,26-28H,1,25H2,2H3;3-7H,1H2,2H3;1-2H3;1-2H2;1H4/b6-4-,29-10+;;;;. The Morgan fingerprint density at radius 2 is 1.09 bits per heavy atom. The lowest BCUT2D eigenvalue weighted by Crippen LogP contribution is -1.93. The molecule has 0 saturated heterocycles. The van der Waals surface area contributed by atoms with E-state index in [2.05, 4.69) is 179 Å². The normalized spacial score (nSPS) is 10.8. The molecule has 0 aliphatic rings. The molecule has 0 spiro atoms. The van der Waals surface area contributed by atoms with Crippen molar-refractivity contribution in [1.29, 1.82) is 0 Å². The molecule has 0 atom stereocenters. The van der Waals surface area contributed by atoms with Crippen molar-refractivity contribution in [3.63, 3.8) is 0 Å². The fourth-order valence-electron chi connectivity index (χ4n) is 6.96. The van der Waals surface area contributed by atoms with E-state index in [0.29, 0.717) is 0 Å². The van der Waals surface area contributed by atoms with E-state index in [-0.39, 0.29) is 7.43 Å². The molecule has 0 bridgehead atoms. The summed E-state index contributed by atoms with van der Waals surface area (Å²) in [7, 11) is 0. The molecule has 0 aliphatic carbocycles. The van der Waals surface area contributed by atoms with E-state index in [0.717, 1.165) is 12.0 Å². The Labute approximate surface area is 336 Å². The lowest BCUT2D eigenvalue weighted by atomic mass is 9.88. The first kappa shape index (κ1) is 42.2. The van der Waals surface area contributed by atoms with Gasteiger partial charge in [0.15, 0.2) is 0 Å². The smallest absolute Gasteiger partial charge is 0.00206 e. The third-order valence-corrected chi connectivity index (χ3v) is 9.62. The Morgan fingerprint density at radius 1 is 0.518 bits per heavy atom.